The van der Waals surface area contributed by atoms with E-state index in [1.165, 1.54) is 13.3 Å². The molecule has 2 N–H and O–H groups in total. The molecule has 4 aromatic heterocycles. The number of methoxy groups -OCH3 is 2. The van der Waals surface area contributed by atoms with Gasteiger partial charge in [0.2, 0.25) is 5.75 Å². The van der Waals surface area contributed by atoms with Gasteiger partial charge >= 0.3 is 5.20 Å². The van der Waals surface area contributed by atoms with Gasteiger partial charge in [-0.3, -0.25) is 9.36 Å². The van der Waals surface area contributed by atoms with Crippen molar-refractivity contribution in [1.82, 2.24) is 40.3 Å². The van der Waals surface area contributed by atoms with E-state index in [1.807, 2.05) is 6.07 Å². The third-order valence-electron chi connectivity index (χ3n) is 5.82. The summed E-state index contributed by atoms with van der Waals surface area (Å²) in [4.78, 5) is 26.9. The number of hydrogen-bond donors (Lipinski definition) is 2. The molecular weight excluding hydrogens is 793 g/mol. The molecule has 0 amide bonds. The first-order chi connectivity index (χ1) is 24.4. The van der Waals surface area contributed by atoms with E-state index in [-0.39, 0.29) is 39.2 Å². The number of rotatable bonds is 8. The van der Waals surface area contributed by atoms with Gasteiger partial charge in [-0.25, -0.2) is 9.97 Å². The molecule has 264 valence electrons. The fourth-order valence-electron chi connectivity index (χ4n) is 3.73. The third-order valence-corrected chi connectivity index (χ3v) is 6.33. The average Bonchev–Trinajstić information content (AvgIpc) is 3.12. The van der Waals surface area contributed by atoms with Gasteiger partial charge in [0.05, 0.1) is 14.2 Å². The molecule has 0 spiro atoms. The van der Waals surface area contributed by atoms with Crippen molar-refractivity contribution in [3.05, 3.63) is 106 Å². The smallest absolute Gasteiger partial charge is 0.339 e. The van der Waals surface area contributed by atoms with E-state index in [4.69, 9.17) is 42.1 Å². The monoisotopic (exact) mass is 812 g/mol. The van der Waals surface area contributed by atoms with Crippen molar-refractivity contribution in [2.24, 2.45) is 0 Å². The first kappa shape index (κ1) is 39.0. The van der Waals surface area contributed by atoms with Crippen LogP contribution >= 0.6 is 62.1 Å². The van der Waals surface area contributed by atoms with E-state index in [2.05, 4.69) is 74.1 Å². The lowest BCUT2D eigenvalue weighted by Gasteiger charge is -2.12. The van der Waals surface area contributed by atoms with Crippen LogP contribution in [0.3, 0.4) is 0 Å². The van der Waals surface area contributed by atoms with E-state index in [9.17, 15) is 14.5 Å². The second kappa shape index (κ2) is 18.5. The van der Waals surface area contributed by atoms with Crippen molar-refractivity contribution in [2.45, 2.75) is 0 Å². The van der Waals surface area contributed by atoms with Gasteiger partial charge in [-0.15, -0.1) is 10.2 Å². The summed E-state index contributed by atoms with van der Waals surface area (Å²) in [6.45, 7) is 0. The molecule has 0 saturated carbocycles. The number of hydrogen-bond acceptors (Lipinski definition) is 14. The second-order valence-electron chi connectivity index (χ2n) is 9.15. The Labute approximate surface area is 313 Å². The molecule has 0 aliphatic carbocycles. The maximum absolute atomic E-state index is 12.2. The van der Waals surface area contributed by atoms with Gasteiger partial charge in [-0.05, 0) is 82.3 Å². The van der Waals surface area contributed by atoms with Crippen molar-refractivity contribution < 1.29 is 28.6 Å². The summed E-state index contributed by atoms with van der Waals surface area (Å²) in [5, 5.41) is 22.1. The van der Waals surface area contributed by atoms with Crippen LogP contribution in [-0.2, 0) is 4.57 Å². The Kier molecular flexibility index (Phi) is 14.1. The predicted molar refractivity (Wildman–Crippen MR) is 192 cm³/mol. The minimum atomic E-state index is -3.22. The molecule has 0 aliphatic rings. The first-order valence-corrected chi connectivity index (χ1v) is 19.0. The Morgan fingerprint density at radius 2 is 1.12 bits per heavy atom. The topological polar surface area (TPSA) is 197 Å². The lowest BCUT2D eigenvalue weighted by Crippen LogP contribution is -2.12. The van der Waals surface area contributed by atoms with E-state index < -0.39 is 16.6 Å². The lowest BCUT2D eigenvalue weighted by atomic mass is 10.3. The third kappa shape index (κ3) is 11.6. The fourth-order valence-corrected chi connectivity index (χ4v) is 4.20. The van der Waals surface area contributed by atoms with Crippen LogP contribution < -0.4 is 24.5 Å². The molecule has 15 nitrogen and oxygen atoms in total. The number of nitrogens with zero attached hydrogens (tertiary/aromatic N) is 7. The number of H-pyrrole nitrogens is 1. The van der Waals surface area contributed by atoms with Crippen LogP contribution in [0, 0.1) is 0 Å². The highest BCUT2D eigenvalue weighted by molar-refractivity contribution is 8.24. The minimum absolute atomic E-state index is 0.0663. The van der Waals surface area contributed by atoms with E-state index >= 15 is 0 Å². The molecule has 2 aromatic carbocycles. The van der Waals surface area contributed by atoms with Crippen LogP contribution in [0.2, 0.25) is 10.3 Å². The Bertz CT molecular complexity index is 2150. The molecule has 6 rings (SSSR count). The summed E-state index contributed by atoms with van der Waals surface area (Å²) in [5.74, 6) is 1.31. The molecule has 21 heteroatoms. The number of ether oxygens (including phenoxy) is 4. The summed E-state index contributed by atoms with van der Waals surface area (Å²) >= 11 is 26.2. The van der Waals surface area contributed by atoms with Crippen LogP contribution in [0.1, 0.15) is 0 Å². The molecule has 0 atom stereocenters. The SMILES string of the molecule is COc1ccccc1Oc1c(Cl)nc(-c2cccnn2)nc1Cl.COc1ccccc1Oc1c(O)nc(-c2cccnn2)[nH]c1=O.O=P(Cl)(Cl)Cl. The molecule has 0 aliphatic heterocycles. The Hall–Kier alpha value is -4.76. The highest BCUT2D eigenvalue weighted by Crippen LogP contribution is 2.61. The molecule has 51 heavy (non-hydrogen) atoms. The van der Waals surface area contributed by atoms with E-state index in [1.54, 1.807) is 80.0 Å². The summed E-state index contributed by atoms with van der Waals surface area (Å²) in [6.07, 6.45) is 3.03. The number of benzene rings is 2. The van der Waals surface area contributed by atoms with Gasteiger partial charge in [-0.2, -0.15) is 15.2 Å². The quantitative estimate of drug-likeness (QED) is 0.109. The molecule has 6 aromatic rings. The highest BCUT2D eigenvalue weighted by Gasteiger charge is 2.18. The molecule has 0 bridgehead atoms. The first-order valence-electron chi connectivity index (χ1n) is 13.8. The molecule has 0 saturated heterocycles. The Morgan fingerprint density at radius 1 is 0.667 bits per heavy atom. The summed E-state index contributed by atoms with van der Waals surface area (Å²) in [5.41, 5.74) is 0.132. The fraction of sp³-hybridized carbons (Fsp3) is 0.0667. The van der Waals surface area contributed by atoms with Gasteiger partial charge in [0, 0.05) is 12.4 Å². The van der Waals surface area contributed by atoms with Gasteiger partial charge in [0.15, 0.2) is 45.0 Å². The van der Waals surface area contributed by atoms with Gasteiger partial charge in [-0.1, -0.05) is 47.5 Å². The summed E-state index contributed by atoms with van der Waals surface area (Å²) in [7, 11) is 3.01. The standard InChI is InChI=1S/C15H10Cl2N4O2.C15H12N4O4.Cl3OP/c1-22-10-6-2-3-7-11(10)23-12-13(16)19-15(20-14(12)17)9-5-4-8-18-21-9;1-22-10-6-2-3-7-11(10)23-12-14(20)17-13(18-15(12)21)9-5-4-8-16-19-9;1-5(2,3)4/h2-8H,1H3;2-8H,1H3,(H2,17,18,20,21);. The largest absolute Gasteiger partial charge is 0.493 e. The van der Waals surface area contributed by atoms with Gasteiger partial charge < -0.3 is 29.0 Å². The summed E-state index contributed by atoms with van der Waals surface area (Å²) < 4.78 is 31.0. The normalized spacial score (nSPS) is 10.5. The van der Waals surface area contributed by atoms with Crippen molar-refractivity contribution >= 4 is 62.1 Å². The number of halogens is 5. The summed E-state index contributed by atoms with van der Waals surface area (Å²) in [6, 6.07) is 20.5. The second-order valence-corrected chi connectivity index (χ2v) is 16.5. The van der Waals surface area contributed by atoms with Crippen LogP contribution in [0.25, 0.3) is 23.0 Å². The highest BCUT2D eigenvalue weighted by atomic mass is 36.0. The molecular formula is C30H22Cl5N8O7P. The zero-order valence-corrected chi connectivity index (χ0v) is 30.6. The van der Waals surface area contributed by atoms with Crippen molar-refractivity contribution in [2.75, 3.05) is 14.2 Å². The van der Waals surface area contributed by atoms with Crippen molar-refractivity contribution in [3.63, 3.8) is 0 Å². The zero-order valence-electron chi connectivity index (χ0n) is 25.9. The van der Waals surface area contributed by atoms with Crippen molar-refractivity contribution in [3.8, 4) is 63.4 Å². The average molecular weight is 815 g/mol. The van der Waals surface area contributed by atoms with Crippen LogP contribution in [0.15, 0.2) is 90.0 Å². The maximum Gasteiger partial charge on any atom is 0.339 e. The number of nitrogens with one attached hydrogen (secondary N) is 1. The molecule has 0 radical (unpaired) electrons. The lowest BCUT2D eigenvalue weighted by molar-refractivity contribution is 0.358. The number of aromatic hydroxyl groups is 1. The predicted octanol–water partition coefficient (Wildman–Crippen LogP) is 8.59. The van der Waals surface area contributed by atoms with Crippen LogP contribution in [0.5, 0.6) is 40.4 Å². The zero-order chi connectivity index (χ0) is 37.0. The van der Waals surface area contributed by atoms with Crippen molar-refractivity contribution in [1.29, 1.82) is 0 Å². The maximum atomic E-state index is 12.2. The van der Waals surface area contributed by atoms with Crippen LogP contribution in [-0.4, -0.2) is 59.7 Å². The Balaban J connectivity index is 0.000000202. The number of aromatic nitrogens is 8. The molecule has 0 unspecified atom stereocenters. The molecule has 4 heterocycles. The number of para-hydroxylation sites is 4. The Morgan fingerprint density at radius 3 is 1.55 bits per heavy atom. The van der Waals surface area contributed by atoms with E-state index in [0.29, 0.717) is 28.6 Å². The number of aromatic amines is 1. The van der Waals surface area contributed by atoms with E-state index in [0.717, 1.165) is 0 Å². The minimum Gasteiger partial charge on any atom is -0.493 e. The van der Waals surface area contributed by atoms with Gasteiger partial charge in [0.25, 0.3) is 17.2 Å². The molecule has 0 fully saturated rings. The van der Waals surface area contributed by atoms with Gasteiger partial charge in [0.1, 0.15) is 11.4 Å². The van der Waals surface area contributed by atoms with Crippen LogP contribution in [0.4, 0.5) is 0 Å².